The molecule has 41 heavy (non-hydrogen) atoms. The van der Waals surface area contributed by atoms with Gasteiger partial charge >= 0.3 is 6.18 Å². The molecule has 0 radical (unpaired) electrons. The lowest BCUT2D eigenvalue weighted by molar-refractivity contribution is -0.141. The van der Waals surface area contributed by atoms with Gasteiger partial charge in [-0.1, -0.05) is 6.58 Å². The Kier molecular flexibility index (Phi) is 7.56. The Morgan fingerprint density at radius 3 is 2.59 bits per heavy atom. The number of aromatic nitrogens is 3. The molecule has 11 nitrogen and oxygen atoms in total. The first kappa shape index (κ1) is 27.9. The van der Waals surface area contributed by atoms with Crippen molar-refractivity contribution in [3.05, 3.63) is 48.3 Å². The van der Waals surface area contributed by atoms with Crippen LogP contribution in [0.5, 0.6) is 11.5 Å². The highest BCUT2D eigenvalue weighted by Gasteiger charge is 2.34. The maximum absolute atomic E-state index is 13.3. The summed E-state index contributed by atoms with van der Waals surface area (Å²) in [7, 11) is 0. The lowest BCUT2D eigenvalue weighted by Gasteiger charge is -2.28. The number of carbonyl (C=O) groups is 3. The number of rotatable bonds is 5. The number of carbonyl (C=O) groups excluding carboxylic acids is 3. The number of benzene rings is 1. The Balaban J connectivity index is 1.66. The van der Waals surface area contributed by atoms with E-state index in [1.54, 1.807) is 15.5 Å². The van der Waals surface area contributed by atoms with E-state index in [0.29, 0.717) is 41.5 Å². The number of hydrogen-bond acceptors (Lipinski definition) is 7. The van der Waals surface area contributed by atoms with Gasteiger partial charge < -0.3 is 24.3 Å². The van der Waals surface area contributed by atoms with Gasteiger partial charge in [-0.05, 0) is 43.5 Å². The number of nitrogens with one attached hydrogen (secondary N) is 2. The molecule has 0 bridgehead atoms. The van der Waals surface area contributed by atoms with Crippen molar-refractivity contribution >= 4 is 40.4 Å². The molecular weight excluding hydrogens is 545 g/mol. The first-order valence-electron chi connectivity index (χ1n) is 12.9. The Bertz CT molecular complexity index is 1540. The van der Waals surface area contributed by atoms with E-state index in [0.717, 1.165) is 19.0 Å². The van der Waals surface area contributed by atoms with Gasteiger partial charge in [-0.2, -0.15) is 13.2 Å². The molecule has 3 amide bonds. The molecule has 0 spiro atoms. The Labute approximate surface area is 232 Å². The fourth-order valence-corrected chi connectivity index (χ4v) is 5.06. The van der Waals surface area contributed by atoms with Crippen LogP contribution in [0, 0.1) is 0 Å². The zero-order chi connectivity index (χ0) is 29.3. The first-order valence-corrected chi connectivity index (χ1v) is 12.9. The van der Waals surface area contributed by atoms with Gasteiger partial charge in [-0.3, -0.25) is 24.7 Å². The highest BCUT2D eigenvalue weighted by Crippen LogP contribution is 2.46. The summed E-state index contributed by atoms with van der Waals surface area (Å²) in [6.07, 6.45) is -0.496. The van der Waals surface area contributed by atoms with Crippen molar-refractivity contribution in [1.82, 2.24) is 19.4 Å². The van der Waals surface area contributed by atoms with Crippen molar-refractivity contribution in [3.8, 4) is 11.5 Å². The standard InChI is InChI=1S/C27H27F3N6O5/c1-3-21(38)35-9-5-4-6-17(14-35)36-22-18(13-19(32-15(2)37)23-24(22)41-11-10-40-23)33-26(36)34-25(39)16-7-8-31-20(12-16)27(28,29)30/h3,7-8,12-13,17H,1,4-6,9-11,14H2,2H3,(H,32,37)(H,33,34,39)/t17-/m1/s1. The number of imidazole rings is 1. The number of amides is 3. The summed E-state index contributed by atoms with van der Waals surface area (Å²) in [4.78, 5) is 47.3. The molecule has 2 aromatic heterocycles. The number of anilines is 2. The lowest BCUT2D eigenvalue weighted by Crippen LogP contribution is -2.34. The average Bonchev–Trinajstić information content (AvgIpc) is 3.11. The van der Waals surface area contributed by atoms with E-state index in [9.17, 15) is 27.6 Å². The quantitative estimate of drug-likeness (QED) is 0.440. The molecule has 0 saturated carbocycles. The molecule has 1 fully saturated rings. The van der Waals surface area contributed by atoms with Crippen LogP contribution in [0.3, 0.4) is 0 Å². The third-order valence-corrected chi connectivity index (χ3v) is 6.81. The number of ether oxygens (including phenoxy) is 2. The molecule has 2 N–H and O–H groups in total. The van der Waals surface area contributed by atoms with Crippen molar-refractivity contribution < 1.29 is 37.0 Å². The Morgan fingerprint density at radius 1 is 1.12 bits per heavy atom. The Morgan fingerprint density at radius 2 is 1.88 bits per heavy atom. The lowest BCUT2D eigenvalue weighted by atomic mass is 10.1. The zero-order valence-corrected chi connectivity index (χ0v) is 22.1. The average molecular weight is 573 g/mol. The summed E-state index contributed by atoms with van der Waals surface area (Å²) in [5.74, 6) is -0.832. The van der Waals surface area contributed by atoms with Crippen molar-refractivity contribution in [2.24, 2.45) is 0 Å². The smallest absolute Gasteiger partial charge is 0.433 e. The molecule has 3 aromatic rings. The third-order valence-electron chi connectivity index (χ3n) is 6.81. The van der Waals surface area contributed by atoms with E-state index in [1.807, 2.05) is 0 Å². The van der Waals surface area contributed by atoms with Gasteiger partial charge in [0.15, 0.2) is 11.5 Å². The number of pyridine rings is 1. The third kappa shape index (κ3) is 5.67. The maximum atomic E-state index is 13.3. The largest absolute Gasteiger partial charge is 0.484 e. The highest BCUT2D eigenvalue weighted by atomic mass is 19.4. The van der Waals surface area contributed by atoms with E-state index in [-0.39, 0.29) is 48.8 Å². The van der Waals surface area contributed by atoms with E-state index in [4.69, 9.17) is 9.47 Å². The molecule has 0 aliphatic carbocycles. The minimum Gasteiger partial charge on any atom is -0.484 e. The molecule has 1 aromatic carbocycles. The minimum atomic E-state index is -4.73. The molecule has 1 atom stereocenters. The first-order chi connectivity index (χ1) is 19.6. The molecule has 2 aliphatic heterocycles. The molecule has 216 valence electrons. The van der Waals surface area contributed by atoms with Crippen LogP contribution >= 0.6 is 0 Å². The SMILES string of the molecule is C=CC(=O)N1CCCC[C@@H](n2c(NC(=O)c3ccnc(C(F)(F)F)c3)nc3cc(NC(C)=O)c4c(c32)OCCO4)C1. The second-order valence-corrected chi connectivity index (χ2v) is 9.65. The van der Waals surface area contributed by atoms with Gasteiger partial charge in [0.1, 0.15) is 24.4 Å². The van der Waals surface area contributed by atoms with Crippen LogP contribution in [-0.2, 0) is 15.8 Å². The summed E-state index contributed by atoms with van der Waals surface area (Å²) in [6, 6.07) is 3.01. The second kappa shape index (κ2) is 11.1. The maximum Gasteiger partial charge on any atom is 0.433 e. The molecule has 14 heteroatoms. The van der Waals surface area contributed by atoms with Crippen LogP contribution < -0.4 is 20.1 Å². The predicted octanol–water partition coefficient (Wildman–Crippen LogP) is 4.17. The van der Waals surface area contributed by atoms with Gasteiger partial charge in [0.2, 0.25) is 17.8 Å². The molecule has 2 aliphatic rings. The van der Waals surface area contributed by atoms with E-state index in [2.05, 4.69) is 27.2 Å². The topological polar surface area (TPSA) is 128 Å². The predicted molar refractivity (Wildman–Crippen MR) is 142 cm³/mol. The fraction of sp³-hybridized carbons (Fsp3) is 0.370. The zero-order valence-electron chi connectivity index (χ0n) is 22.1. The summed E-state index contributed by atoms with van der Waals surface area (Å²) in [5, 5.41) is 5.35. The van der Waals surface area contributed by atoms with Gasteiger partial charge in [0, 0.05) is 31.8 Å². The number of likely N-dealkylation sites (tertiary alicyclic amines) is 1. The van der Waals surface area contributed by atoms with Crippen LogP contribution in [-0.4, -0.2) is 63.5 Å². The highest BCUT2D eigenvalue weighted by molar-refractivity contribution is 6.05. The summed E-state index contributed by atoms with van der Waals surface area (Å²) in [5.41, 5.74) is -0.371. The molecule has 4 heterocycles. The number of alkyl halides is 3. The van der Waals surface area contributed by atoms with Crippen LogP contribution in [0.1, 0.15) is 48.3 Å². The number of nitrogens with zero attached hydrogens (tertiary/aromatic N) is 4. The summed E-state index contributed by atoms with van der Waals surface area (Å²) < 4.78 is 53.3. The van der Waals surface area contributed by atoms with Gasteiger partial charge in [0.05, 0.1) is 17.2 Å². The van der Waals surface area contributed by atoms with Crippen LogP contribution in [0.2, 0.25) is 0 Å². The normalized spacial score (nSPS) is 17.1. The Hall–Kier alpha value is -4.62. The van der Waals surface area contributed by atoms with Crippen molar-refractivity contribution in [2.75, 3.05) is 36.9 Å². The fourth-order valence-electron chi connectivity index (χ4n) is 5.06. The van der Waals surface area contributed by atoms with Crippen molar-refractivity contribution in [1.29, 1.82) is 0 Å². The molecule has 1 saturated heterocycles. The van der Waals surface area contributed by atoms with Gasteiger partial charge in [-0.15, -0.1) is 0 Å². The second-order valence-electron chi connectivity index (χ2n) is 9.65. The number of halogens is 3. The number of hydrogen-bond donors (Lipinski definition) is 2. The van der Waals surface area contributed by atoms with E-state index in [1.165, 1.54) is 19.1 Å². The molecule has 5 rings (SSSR count). The van der Waals surface area contributed by atoms with Gasteiger partial charge in [0.25, 0.3) is 5.91 Å². The van der Waals surface area contributed by atoms with Crippen molar-refractivity contribution in [2.45, 2.75) is 38.4 Å². The van der Waals surface area contributed by atoms with E-state index >= 15 is 0 Å². The summed E-state index contributed by atoms with van der Waals surface area (Å²) >= 11 is 0. The number of fused-ring (bicyclic) bond motifs is 3. The van der Waals surface area contributed by atoms with Crippen LogP contribution in [0.4, 0.5) is 24.8 Å². The van der Waals surface area contributed by atoms with Gasteiger partial charge in [-0.25, -0.2) is 4.98 Å². The van der Waals surface area contributed by atoms with Crippen LogP contribution in [0.25, 0.3) is 11.0 Å². The summed E-state index contributed by atoms with van der Waals surface area (Å²) in [6.45, 7) is 6.14. The molecule has 0 unspecified atom stereocenters. The van der Waals surface area contributed by atoms with Crippen LogP contribution in [0.15, 0.2) is 37.1 Å². The molecular formula is C27H27F3N6O5. The van der Waals surface area contributed by atoms with Crippen molar-refractivity contribution in [3.63, 3.8) is 0 Å². The monoisotopic (exact) mass is 572 g/mol. The van der Waals surface area contributed by atoms with E-state index < -0.39 is 23.8 Å². The minimum absolute atomic E-state index is 0.0321.